The Bertz CT molecular complexity index is 876. The fourth-order valence-corrected chi connectivity index (χ4v) is 3.35. The van der Waals surface area contributed by atoms with Gasteiger partial charge in [0.15, 0.2) is 0 Å². The maximum Gasteiger partial charge on any atom is 0.0340 e. The van der Waals surface area contributed by atoms with Crippen LogP contribution in [-0.4, -0.2) is 6.54 Å². The summed E-state index contributed by atoms with van der Waals surface area (Å²) in [6.07, 6.45) is 3.18. The quantitative estimate of drug-likeness (QED) is 0.482. The average Bonchev–Trinajstić information content (AvgIpc) is 2.69. The van der Waals surface area contributed by atoms with E-state index in [1.54, 1.807) is 0 Å². The minimum absolute atomic E-state index is 0.942. The monoisotopic (exact) mass is 355 g/mol. The SMILES string of the molecule is C=C(NCCCc1cc(C)ccc1C)c1ccc(Cc2ccccc2)cc1. The highest BCUT2D eigenvalue weighted by Crippen LogP contribution is 2.15. The van der Waals surface area contributed by atoms with Crippen LogP contribution in [0.4, 0.5) is 0 Å². The fourth-order valence-electron chi connectivity index (χ4n) is 3.35. The van der Waals surface area contributed by atoms with E-state index in [9.17, 15) is 0 Å². The molecule has 0 amide bonds. The Morgan fingerprint density at radius 3 is 2.30 bits per heavy atom. The van der Waals surface area contributed by atoms with Gasteiger partial charge in [0, 0.05) is 12.2 Å². The molecule has 1 nitrogen and oxygen atoms in total. The van der Waals surface area contributed by atoms with Crippen molar-refractivity contribution in [2.75, 3.05) is 6.54 Å². The van der Waals surface area contributed by atoms with Gasteiger partial charge >= 0.3 is 0 Å². The van der Waals surface area contributed by atoms with Gasteiger partial charge in [-0.25, -0.2) is 0 Å². The average molecular weight is 356 g/mol. The van der Waals surface area contributed by atoms with E-state index in [-0.39, 0.29) is 0 Å². The molecule has 0 radical (unpaired) electrons. The lowest BCUT2D eigenvalue weighted by atomic mass is 10.0. The van der Waals surface area contributed by atoms with Crippen LogP contribution in [0.2, 0.25) is 0 Å². The third-order valence-corrected chi connectivity index (χ3v) is 5.02. The van der Waals surface area contributed by atoms with Crippen molar-refractivity contribution in [2.24, 2.45) is 0 Å². The van der Waals surface area contributed by atoms with Crippen LogP contribution in [0, 0.1) is 13.8 Å². The van der Waals surface area contributed by atoms with Crippen LogP contribution >= 0.6 is 0 Å². The molecule has 27 heavy (non-hydrogen) atoms. The Labute approximate surface area is 163 Å². The van der Waals surface area contributed by atoms with Crippen LogP contribution in [0.1, 0.15) is 39.8 Å². The summed E-state index contributed by atoms with van der Waals surface area (Å²) in [5.74, 6) is 0. The fraction of sp³-hybridized carbons (Fsp3) is 0.231. The van der Waals surface area contributed by atoms with Crippen molar-refractivity contribution >= 4 is 5.70 Å². The second kappa shape index (κ2) is 9.23. The van der Waals surface area contributed by atoms with Gasteiger partial charge in [-0.1, -0.05) is 84.9 Å². The molecule has 0 atom stereocenters. The highest BCUT2D eigenvalue weighted by Gasteiger charge is 2.02. The number of aryl methyl sites for hydroxylation is 3. The summed E-state index contributed by atoms with van der Waals surface area (Å²) in [4.78, 5) is 0. The van der Waals surface area contributed by atoms with Crippen LogP contribution in [0.3, 0.4) is 0 Å². The third-order valence-electron chi connectivity index (χ3n) is 5.02. The number of rotatable bonds is 8. The lowest BCUT2D eigenvalue weighted by Gasteiger charge is -2.12. The number of benzene rings is 3. The summed E-state index contributed by atoms with van der Waals surface area (Å²) in [6.45, 7) is 9.50. The first kappa shape index (κ1) is 19.0. The second-order valence-electron chi connectivity index (χ2n) is 7.30. The predicted molar refractivity (Wildman–Crippen MR) is 117 cm³/mol. The number of hydrogen-bond acceptors (Lipinski definition) is 1. The van der Waals surface area contributed by atoms with Crippen LogP contribution in [0.25, 0.3) is 5.70 Å². The third kappa shape index (κ3) is 5.59. The molecule has 3 aromatic rings. The Balaban J connectivity index is 1.47. The maximum absolute atomic E-state index is 4.20. The van der Waals surface area contributed by atoms with Gasteiger partial charge in [-0.15, -0.1) is 0 Å². The molecule has 0 aliphatic carbocycles. The van der Waals surface area contributed by atoms with E-state index in [0.29, 0.717) is 0 Å². The van der Waals surface area contributed by atoms with E-state index in [2.05, 4.69) is 98.5 Å². The minimum atomic E-state index is 0.942. The van der Waals surface area contributed by atoms with Crippen molar-refractivity contribution in [3.05, 3.63) is 113 Å². The van der Waals surface area contributed by atoms with Gasteiger partial charge in [-0.2, -0.15) is 0 Å². The van der Waals surface area contributed by atoms with E-state index in [1.165, 1.54) is 33.4 Å². The molecule has 3 rings (SSSR count). The molecule has 0 saturated heterocycles. The molecule has 0 bridgehead atoms. The molecule has 0 spiro atoms. The summed E-state index contributed by atoms with van der Waals surface area (Å²) in [7, 11) is 0. The van der Waals surface area contributed by atoms with Gasteiger partial charge in [-0.05, 0) is 60.9 Å². The Morgan fingerprint density at radius 2 is 1.56 bits per heavy atom. The minimum Gasteiger partial charge on any atom is -0.385 e. The lowest BCUT2D eigenvalue weighted by Crippen LogP contribution is -2.14. The highest BCUT2D eigenvalue weighted by molar-refractivity contribution is 5.61. The first-order valence-corrected chi connectivity index (χ1v) is 9.74. The van der Waals surface area contributed by atoms with E-state index in [4.69, 9.17) is 0 Å². The van der Waals surface area contributed by atoms with Gasteiger partial charge < -0.3 is 5.32 Å². The molecule has 0 unspecified atom stereocenters. The Hall–Kier alpha value is -2.80. The van der Waals surface area contributed by atoms with E-state index < -0.39 is 0 Å². The second-order valence-corrected chi connectivity index (χ2v) is 7.30. The van der Waals surface area contributed by atoms with Crippen molar-refractivity contribution in [1.82, 2.24) is 5.32 Å². The molecule has 0 fully saturated rings. The molecule has 0 aromatic heterocycles. The van der Waals surface area contributed by atoms with Crippen LogP contribution in [0.5, 0.6) is 0 Å². The smallest absolute Gasteiger partial charge is 0.0340 e. The molecule has 1 heteroatoms. The van der Waals surface area contributed by atoms with Crippen molar-refractivity contribution in [1.29, 1.82) is 0 Å². The molecule has 0 aliphatic heterocycles. The summed E-state index contributed by atoms with van der Waals surface area (Å²) in [5, 5.41) is 3.48. The van der Waals surface area contributed by atoms with Crippen LogP contribution in [0.15, 0.2) is 79.4 Å². The van der Waals surface area contributed by atoms with Gasteiger partial charge in [0.05, 0.1) is 0 Å². The number of hydrogen-bond donors (Lipinski definition) is 1. The molecule has 0 saturated carbocycles. The van der Waals surface area contributed by atoms with Crippen molar-refractivity contribution < 1.29 is 0 Å². The maximum atomic E-state index is 4.20. The predicted octanol–water partition coefficient (Wildman–Crippen LogP) is 6.09. The van der Waals surface area contributed by atoms with Gasteiger partial charge in [0.25, 0.3) is 0 Å². The van der Waals surface area contributed by atoms with E-state index in [1.807, 2.05) is 0 Å². The van der Waals surface area contributed by atoms with Crippen molar-refractivity contribution in [2.45, 2.75) is 33.1 Å². The molecule has 0 aliphatic rings. The highest BCUT2D eigenvalue weighted by atomic mass is 14.9. The van der Waals surface area contributed by atoms with Gasteiger partial charge in [-0.3, -0.25) is 0 Å². The van der Waals surface area contributed by atoms with Crippen molar-refractivity contribution in [3.63, 3.8) is 0 Å². The molecular formula is C26H29N. The van der Waals surface area contributed by atoms with Gasteiger partial charge in [0.1, 0.15) is 0 Å². The van der Waals surface area contributed by atoms with Crippen LogP contribution in [-0.2, 0) is 12.8 Å². The topological polar surface area (TPSA) is 12.0 Å². The van der Waals surface area contributed by atoms with E-state index in [0.717, 1.165) is 31.5 Å². The summed E-state index contributed by atoms with van der Waals surface area (Å²) < 4.78 is 0. The summed E-state index contributed by atoms with van der Waals surface area (Å²) >= 11 is 0. The molecular weight excluding hydrogens is 326 g/mol. The Kier molecular flexibility index (Phi) is 6.49. The summed E-state index contributed by atoms with van der Waals surface area (Å²) in [5.41, 5.74) is 9.01. The molecule has 138 valence electrons. The van der Waals surface area contributed by atoms with Crippen molar-refractivity contribution in [3.8, 4) is 0 Å². The molecule has 1 N–H and O–H groups in total. The first-order chi connectivity index (χ1) is 13.1. The zero-order valence-electron chi connectivity index (χ0n) is 16.5. The first-order valence-electron chi connectivity index (χ1n) is 9.74. The normalized spacial score (nSPS) is 10.6. The molecule has 3 aromatic carbocycles. The zero-order valence-corrected chi connectivity index (χ0v) is 16.5. The Morgan fingerprint density at radius 1 is 0.852 bits per heavy atom. The van der Waals surface area contributed by atoms with E-state index >= 15 is 0 Å². The van der Waals surface area contributed by atoms with Gasteiger partial charge in [0.2, 0.25) is 0 Å². The summed E-state index contributed by atoms with van der Waals surface area (Å²) in [6, 6.07) is 26.0. The number of nitrogens with one attached hydrogen (secondary N) is 1. The lowest BCUT2D eigenvalue weighted by molar-refractivity contribution is 0.760. The standard InChI is InChI=1S/C26H29N/c1-20-11-12-21(2)26(18-20)10-7-17-27-22(3)25-15-13-24(14-16-25)19-23-8-5-4-6-9-23/h4-6,8-9,11-16,18,27H,3,7,10,17,19H2,1-2H3. The largest absolute Gasteiger partial charge is 0.385 e. The molecule has 0 heterocycles. The zero-order chi connectivity index (χ0) is 19.1. The van der Waals surface area contributed by atoms with Crippen LogP contribution < -0.4 is 5.32 Å².